The van der Waals surface area contributed by atoms with Crippen LogP contribution in [0.1, 0.15) is 24.8 Å². The summed E-state index contributed by atoms with van der Waals surface area (Å²) in [4.78, 5) is 36.4. The number of pyridine rings is 1. The third kappa shape index (κ3) is 5.29. The van der Waals surface area contributed by atoms with Gasteiger partial charge >= 0.3 is 0 Å². The first-order valence-corrected chi connectivity index (χ1v) is 11.9. The number of nitrogens with one attached hydrogen (secondary N) is 1. The van der Waals surface area contributed by atoms with Gasteiger partial charge in [0.05, 0.1) is 12.5 Å². The Bertz CT molecular complexity index is 690. The molecular formula is C21H31N5O2S. The van der Waals surface area contributed by atoms with Gasteiger partial charge in [-0.2, -0.15) is 11.8 Å². The highest BCUT2D eigenvalue weighted by atomic mass is 32.2. The number of nitrogens with zero attached hydrogens (tertiary/aromatic N) is 4. The molecule has 158 valence electrons. The van der Waals surface area contributed by atoms with Gasteiger partial charge < -0.3 is 10.2 Å². The first-order valence-electron chi connectivity index (χ1n) is 10.7. The zero-order chi connectivity index (χ0) is 20.1. The summed E-state index contributed by atoms with van der Waals surface area (Å²) in [7, 11) is 0. The van der Waals surface area contributed by atoms with E-state index in [1.54, 1.807) is 6.20 Å². The van der Waals surface area contributed by atoms with Gasteiger partial charge in [-0.25, -0.2) is 0 Å². The van der Waals surface area contributed by atoms with Gasteiger partial charge in [0.2, 0.25) is 11.8 Å². The van der Waals surface area contributed by atoms with Crippen LogP contribution in [0.2, 0.25) is 0 Å². The summed E-state index contributed by atoms with van der Waals surface area (Å²) in [5.41, 5.74) is 1.07. The molecule has 29 heavy (non-hydrogen) atoms. The topological polar surface area (TPSA) is 68.8 Å². The third-order valence-electron chi connectivity index (χ3n) is 6.30. The minimum Gasteiger partial charge on any atom is -0.353 e. The standard InChI is InChI=1S/C21H31N5O2S/c27-20(25-7-3-18(4-8-25)24-10-12-29-13-11-24)14-19-21(28)23-6-9-26(19)16-17-2-1-5-22-15-17/h1-2,5,15,18-19H,3-4,6-14,16H2,(H,23,28). The summed E-state index contributed by atoms with van der Waals surface area (Å²) in [5.74, 6) is 2.52. The summed E-state index contributed by atoms with van der Waals surface area (Å²) in [6.45, 7) is 6.00. The van der Waals surface area contributed by atoms with Crippen molar-refractivity contribution < 1.29 is 9.59 Å². The summed E-state index contributed by atoms with van der Waals surface area (Å²) in [5, 5.41) is 2.93. The first-order chi connectivity index (χ1) is 14.2. The summed E-state index contributed by atoms with van der Waals surface area (Å²) in [6, 6.07) is 4.14. The molecule has 1 aromatic rings. The third-order valence-corrected chi connectivity index (χ3v) is 7.24. The molecule has 3 fully saturated rings. The lowest BCUT2D eigenvalue weighted by Gasteiger charge is -2.41. The molecule has 1 N–H and O–H groups in total. The zero-order valence-electron chi connectivity index (χ0n) is 17.0. The van der Waals surface area contributed by atoms with E-state index in [1.165, 1.54) is 24.6 Å². The molecule has 3 saturated heterocycles. The van der Waals surface area contributed by atoms with E-state index < -0.39 is 6.04 Å². The van der Waals surface area contributed by atoms with Crippen molar-refractivity contribution in [1.29, 1.82) is 0 Å². The van der Waals surface area contributed by atoms with Gasteiger partial charge in [-0.1, -0.05) is 6.07 Å². The van der Waals surface area contributed by atoms with Gasteiger partial charge in [0.25, 0.3) is 0 Å². The highest BCUT2D eigenvalue weighted by molar-refractivity contribution is 7.99. The molecule has 4 heterocycles. The van der Waals surface area contributed by atoms with E-state index in [9.17, 15) is 9.59 Å². The predicted molar refractivity (Wildman–Crippen MR) is 115 cm³/mol. The maximum Gasteiger partial charge on any atom is 0.237 e. The van der Waals surface area contributed by atoms with Crippen LogP contribution in [0.15, 0.2) is 24.5 Å². The second-order valence-electron chi connectivity index (χ2n) is 8.10. The van der Waals surface area contributed by atoms with Crippen LogP contribution in [0, 0.1) is 0 Å². The van der Waals surface area contributed by atoms with Crippen molar-refractivity contribution in [3.05, 3.63) is 30.1 Å². The quantitative estimate of drug-likeness (QED) is 0.765. The lowest BCUT2D eigenvalue weighted by molar-refractivity contribution is -0.140. The van der Waals surface area contributed by atoms with E-state index in [1.807, 2.05) is 35.0 Å². The summed E-state index contributed by atoms with van der Waals surface area (Å²) >= 11 is 2.04. The maximum atomic E-state index is 13.0. The highest BCUT2D eigenvalue weighted by Crippen LogP contribution is 2.22. The fraction of sp³-hybridized carbons (Fsp3) is 0.667. The van der Waals surface area contributed by atoms with Crippen molar-refractivity contribution in [2.24, 2.45) is 0 Å². The molecule has 4 rings (SSSR count). The second kappa shape index (κ2) is 9.91. The van der Waals surface area contributed by atoms with Crippen LogP contribution < -0.4 is 5.32 Å². The number of thioether (sulfide) groups is 1. The molecule has 8 heteroatoms. The Hall–Kier alpha value is -1.64. The molecule has 1 aromatic heterocycles. The van der Waals surface area contributed by atoms with Gasteiger partial charge in [-0.15, -0.1) is 0 Å². The normalized spacial score (nSPS) is 25.0. The molecule has 7 nitrogen and oxygen atoms in total. The number of carbonyl (C=O) groups excluding carboxylic acids is 2. The van der Waals surface area contributed by atoms with Gasteiger partial charge in [0.1, 0.15) is 0 Å². The van der Waals surface area contributed by atoms with E-state index in [-0.39, 0.29) is 18.2 Å². The summed E-state index contributed by atoms with van der Waals surface area (Å²) < 4.78 is 0. The number of amides is 2. The number of likely N-dealkylation sites (tertiary alicyclic amines) is 1. The largest absolute Gasteiger partial charge is 0.353 e. The van der Waals surface area contributed by atoms with E-state index in [0.717, 1.165) is 38.0 Å². The number of hydrogen-bond donors (Lipinski definition) is 1. The maximum absolute atomic E-state index is 13.0. The van der Waals surface area contributed by atoms with Crippen molar-refractivity contribution in [2.45, 2.75) is 37.9 Å². The molecule has 3 aliphatic rings. The van der Waals surface area contributed by atoms with Crippen LogP contribution in [0.5, 0.6) is 0 Å². The minimum atomic E-state index is -0.395. The molecule has 1 atom stereocenters. The average Bonchev–Trinajstić information content (AvgIpc) is 2.77. The Morgan fingerprint density at radius 2 is 1.97 bits per heavy atom. The van der Waals surface area contributed by atoms with E-state index >= 15 is 0 Å². The van der Waals surface area contributed by atoms with Crippen LogP contribution in [-0.4, -0.2) is 94.4 Å². The Morgan fingerprint density at radius 1 is 1.17 bits per heavy atom. The average molecular weight is 418 g/mol. The molecule has 0 saturated carbocycles. The molecule has 0 aromatic carbocycles. The van der Waals surface area contributed by atoms with Crippen LogP contribution in [-0.2, 0) is 16.1 Å². The lowest BCUT2D eigenvalue weighted by Crippen LogP contribution is -2.57. The molecule has 0 spiro atoms. The monoisotopic (exact) mass is 417 g/mol. The molecule has 3 aliphatic heterocycles. The van der Waals surface area contributed by atoms with Gasteiger partial charge in [-0.05, 0) is 24.5 Å². The van der Waals surface area contributed by atoms with Crippen LogP contribution in [0.25, 0.3) is 0 Å². The Kier molecular flexibility index (Phi) is 7.05. The molecule has 0 radical (unpaired) electrons. The Balaban J connectivity index is 1.31. The number of hydrogen-bond acceptors (Lipinski definition) is 6. The Labute approximate surface area is 177 Å². The number of aromatic nitrogens is 1. The van der Waals surface area contributed by atoms with Crippen molar-refractivity contribution in [2.75, 3.05) is 50.8 Å². The smallest absolute Gasteiger partial charge is 0.237 e. The molecule has 0 bridgehead atoms. The summed E-state index contributed by atoms with van der Waals surface area (Å²) in [6.07, 6.45) is 5.94. The predicted octanol–water partition coefficient (Wildman–Crippen LogP) is 0.812. The van der Waals surface area contributed by atoms with Crippen LogP contribution in [0.4, 0.5) is 0 Å². The van der Waals surface area contributed by atoms with Gasteiger partial charge in [0.15, 0.2) is 0 Å². The minimum absolute atomic E-state index is 0.0332. The lowest BCUT2D eigenvalue weighted by atomic mass is 10.0. The number of piperidine rings is 1. The van der Waals surface area contributed by atoms with Crippen molar-refractivity contribution in [1.82, 2.24) is 25.0 Å². The van der Waals surface area contributed by atoms with Crippen LogP contribution >= 0.6 is 11.8 Å². The molecular weight excluding hydrogens is 386 g/mol. The fourth-order valence-electron chi connectivity index (χ4n) is 4.62. The zero-order valence-corrected chi connectivity index (χ0v) is 17.8. The number of piperazine rings is 1. The number of carbonyl (C=O) groups is 2. The molecule has 0 aliphatic carbocycles. The van der Waals surface area contributed by atoms with E-state index in [4.69, 9.17) is 0 Å². The second-order valence-corrected chi connectivity index (χ2v) is 9.33. The van der Waals surface area contributed by atoms with Gasteiger partial charge in [0, 0.05) is 75.8 Å². The van der Waals surface area contributed by atoms with Crippen molar-refractivity contribution in [3.63, 3.8) is 0 Å². The first kappa shape index (κ1) is 20.6. The molecule has 1 unspecified atom stereocenters. The fourth-order valence-corrected chi connectivity index (χ4v) is 5.55. The Morgan fingerprint density at radius 3 is 2.69 bits per heavy atom. The number of rotatable bonds is 5. The molecule has 2 amide bonds. The highest BCUT2D eigenvalue weighted by Gasteiger charge is 2.34. The van der Waals surface area contributed by atoms with E-state index in [2.05, 4.69) is 20.1 Å². The SMILES string of the molecule is O=C1NCCN(Cc2cccnc2)C1CC(=O)N1CCC(N2CCSCC2)CC1. The van der Waals surface area contributed by atoms with Crippen molar-refractivity contribution >= 4 is 23.6 Å². The van der Waals surface area contributed by atoms with Crippen molar-refractivity contribution in [3.8, 4) is 0 Å². The van der Waals surface area contributed by atoms with E-state index in [0.29, 0.717) is 19.1 Å². The van der Waals surface area contributed by atoms with Gasteiger partial charge in [-0.3, -0.25) is 24.4 Å². The van der Waals surface area contributed by atoms with Crippen LogP contribution in [0.3, 0.4) is 0 Å².